The first-order chi connectivity index (χ1) is 27.3. The summed E-state index contributed by atoms with van der Waals surface area (Å²) in [6.45, 7) is 0. The first-order valence-corrected chi connectivity index (χ1v) is 19.8. The Morgan fingerprint density at radius 1 is 0.382 bits per heavy atom. The van der Waals surface area contributed by atoms with E-state index in [9.17, 15) is 0 Å². The Bertz CT molecular complexity index is 3000. The number of hydrogen-bond acceptors (Lipinski definition) is 2. The van der Waals surface area contributed by atoms with E-state index in [1.54, 1.807) is 0 Å². The first-order valence-electron chi connectivity index (χ1n) is 18.9. The van der Waals surface area contributed by atoms with Crippen LogP contribution in [-0.4, -0.2) is 0 Å². The van der Waals surface area contributed by atoms with Gasteiger partial charge >= 0.3 is 0 Å². The van der Waals surface area contributed by atoms with Crippen molar-refractivity contribution in [3.05, 3.63) is 235 Å². The lowest BCUT2D eigenvalue weighted by Gasteiger charge is -2.34. The minimum atomic E-state index is -0.503. The highest BCUT2D eigenvalue weighted by Gasteiger charge is 2.47. The maximum absolute atomic E-state index is 2.54. The standard InChI is InChI=1S/C53H35NS/c1-4-18-37(19-5-1)51-41-24-11-10-17-36(41)31-34-48(51)54(40-32-33-43-42-25-13-15-30-49(42)55-50(43)35-40)47-29-16-28-46-52(47)44-26-12-14-27-45(44)53(46,38-20-6-2-7-21-38)39-22-8-3-9-23-39/h1-35H. The second-order valence-corrected chi connectivity index (χ2v) is 15.5. The zero-order valence-corrected chi connectivity index (χ0v) is 30.9. The Kier molecular flexibility index (Phi) is 7.33. The number of thiophene rings is 1. The minimum Gasteiger partial charge on any atom is -0.309 e. The molecule has 1 nitrogen and oxygen atoms in total. The lowest BCUT2D eigenvalue weighted by atomic mass is 9.68. The zero-order chi connectivity index (χ0) is 36.3. The SMILES string of the molecule is c1ccc(-c2c(N(c3ccc4c(c3)sc3ccccc34)c3cccc4c3-c3ccccc3C4(c3ccccc3)c3ccccc3)ccc3ccccc23)cc1. The van der Waals surface area contributed by atoms with Crippen LogP contribution in [-0.2, 0) is 5.41 Å². The van der Waals surface area contributed by atoms with Gasteiger partial charge in [0.05, 0.1) is 16.8 Å². The highest BCUT2D eigenvalue weighted by atomic mass is 32.1. The largest absolute Gasteiger partial charge is 0.309 e. The summed E-state index contributed by atoms with van der Waals surface area (Å²) in [6.07, 6.45) is 0. The lowest BCUT2D eigenvalue weighted by molar-refractivity contribution is 0.768. The average molecular weight is 718 g/mol. The first kappa shape index (κ1) is 31.8. The van der Waals surface area contributed by atoms with E-state index in [0.29, 0.717) is 0 Å². The van der Waals surface area contributed by atoms with Crippen LogP contribution in [0, 0.1) is 0 Å². The summed E-state index contributed by atoms with van der Waals surface area (Å²) in [5.74, 6) is 0. The molecule has 0 unspecified atom stereocenters. The third-order valence-electron chi connectivity index (χ3n) is 11.5. The molecule has 0 atom stereocenters. The monoisotopic (exact) mass is 717 g/mol. The highest BCUT2D eigenvalue weighted by Crippen LogP contribution is 2.60. The van der Waals surface area contributed by atoms with Crippen LogP contribution in [0.25, 0.3) is 53.2 Å². The Morgan fingerprint density at radius 3 is 1.76 bits per heavy atom. The fourth-order valence-electron chi connectivity index (χ4n) is 9.28. The van der Waals surface area contributed by atoms with Crippen LogP contribution in [0.5, 0.6) is 0 Å². The fourth-order valence-corrected chi connectivity index (χ4v) is 10.4. The molecular formula is C53H35NS. The van der Waals surface area contributed by atoms with Gasteiger partial charge in [0.25, 0.3) is 0 Å². The van der Waals surface area contributed by atoms with Gasteiger partial charge in [-0.2, -0.15) is 0 Å². The second kappa shape index (κ2) is 12.7. The molecule has 2 heteroatoms. The molecule has 258 valence electrons. The van der Waals surface area contributed by atoms with Crippen LogP contribution in [0.3, 0.4) is 0 Å². The molecule has 1 aliphatic rings. The zero-order valence-electron chi connectivity index (χ0n) is 30.1. The molecule has 0 N–H and O–H groups in total. The highest BCUT2D eigenvalue weighted by molar-refractivity contribution is 7.25. The maximum atomic E-state index is 2.54. The predicted octanol–water partition coefficient (Wildman–Crippen LogP) is 14.7. The van der Waals surface area contributed by atoms with E-state index >= 15 is 0 Å². The van der Waals surface area contributed by atoms with E-state index in [1.807, 2.05) is 11.3 Å². The number of rotatable bonds is 6. The van der Waals surface area contributed by atoms with Crippen LogP contribution >= 0.6 is 11.3 Å². The molecule has 0 fully saturated rings. The molecule has 10 aromatic rings. The Balaban J connectivity index is 1.27. The van der Waals surface area contributed by atoms with Crippen molar-refractivity contribution in [1.29, 1.82) is 0 Å². The summed E-state index contributed by atoms with van der Waals surface area (Å²) in [5.41, 5.74) is 13.0. The Hall–Kier alpha value is -6.74. The summed E-state index contributed by atoms with van der Waals surface area (Å²) in [5, 5.41) is 5.05. The van der Waals surface area contributed by atoms with Crippen molar-refractivity contribution in [2.45, 2.75) is 5.41 Å². The number of anilines is 3. The molecule has 0 saturated heterocycles. The number of fused-ring (bicyclic) bond motifs is 7. The van der Waals surface area contributed by atoms with Crippen molar-refractivity contribution in [3.8, 4) is 22.3 Å². The maximum Gasteiger partial charge on any atom is 0.0714 e. The summed E-state index contributed by atoms with van der Waals surface area (Å²) in [7, 11) is 0. The van der Waals surface area contributed by atoms with Crippen molar-refractivity contribution in [3.63, 3.8) is 0 Å². The van der Waals surface area contributed by atoms with Gasteiger partial charge in [-0.1, -0.05) is 182 Å². The fraction of sp³-hybridized carbons (Fsp3) is 0.0189. The molecule has 9 aromatic carbocycles. The van der Waals surface area contributed by atoms with Crippen molar-refractivity contribution in [1.82, 2.24) is 0 Å². The molecule has 0 bridgehead atoms. The normalized spacial score (nSPS) is 12.9. The Labute approximate surface area is 325 Å². The van der Waals surface area contributed by atoms with Crippen molar-refractivity contribution >= 4 is 59.3 Å². The van der Waals surface area contributed by atoms with E-state index in [0.717, 1.165) is 17.1 Å². The van der Waals surface area contributed by atoms with Crippen LogP contribution in [0.15, 0.2) is 212 Å². The molecule has 1 heterocycles. The molecular weight excluding hydrogens is 683 g/mol. The molecule has 0 aliphatic heterocycles. The van der Waals surface area contributed by atoms with Gasteiger partial charge in [0.15, 0.2) is 0 Å². The predicted molar refractivity (Wildman–Crippen MR) is 234 cm³/mol. The molecule has 55 heavy (non-hydrogen) atoms. The van der Waals surface area contributed by atoms with E-state index < -0.39 is 5.41 Å². The van der Waals surface area contributed by atoms with Crippen LogP contribution in [0.1, 0.15) is 22.3 Å². The van der Waals surface area contributed by atoms with E-state index in [2.05, 4.69) is 217 Å². The van der Waals surface area contributed by atoms with E-state index in [4.69, 9.17) is 0 Å². The van der Waals surface area contributed by atoms with Crippen molar-refractivity contribution in [2.75, 3.05) is 4.90 Å². The summed E-state index contributed by atoms with van der Waals surface area (Å²) < 4.78 is 2.59. The third-order valence-corrected chi connectivity index (χ3v) is 12.7. The summed E-state index contributed by atoms with van der Waals surface area (Å²) >= 11 is 1.87. The summed E-state index contributed by atoms with van der Waals surface area (Å²) in [6, 6.07) is 78.4. The van der Waals surface area contributed by atoms with E-state index in [-0.39, 0.29) is 0 Å². The van der Waals surface area contributed by atoms with Crippen LogP contribution in [0.4, 0.5) is 17.1 Å². The average Bonchev–Trinajstić information content (AvgIpc) is 3.78. The van der Waals surface area contributed by atoms with Gasteiger partial charge in [-0.15, -0.1) is 11.3 Å². The molecule has 1 aliphatic carbocycles. The number of hydrogen-bond donors (Lipinski definition) is 0. The molecule has 0 radical (unpaired) electrons. The van der Waals surface area contributed by atoms with Crippen molar-refractivity contribution in [2.24, 2.45) is 0 Å². The quantitative estimate of drug-likeness (QED) is 0.166. The number of nitrogens with zero attached hydrogens (tertiary/aromatic N) is 1. The topological polar surface area (TPSA) is 3.24 Å². The van der Waals surface area contributed by atoms with Gasteiger partial charge in [-0.3, -0.25) is 0 Å². The minimum absolute atomic E-state index is 0.503. The smallest absolute Gasteiger partial charge is 0.0714 e. The number of benzene rings is 9. The van der Waals surface area contributed by atoms with Gasteiger partial charge in [0.2, 0.25) is 0 Å². The van der Waals surface area contributed by atoms with Gasteiger partial charge in [0.1, 0.15) is 0 Å². The molecule has 0 spiro atoms. The Morgan fingerprint density at radius 2 is 0.982 bits per heavy atom. The van der Waals surface area contributed by atoms with Crippen molar-refractivity contribution < 1.29 is 0 Å². The van der Waals surface area contributed by atoms with Gasteiger partial charge in [-0.25, -0.2) is 0 Å². The second-order valence-electron chi connectivity index (χ2n) is 14.4. The van der Waals surface area contributed by atoms with Gasteiger partial charge < -0.3 is 4.90 Å². The summed E-state index contributed by atoms with van der Waals surface area (Å²) in [4.78, 5) is 2.54. The molecule has 0 saturated carbocycles. The van der Waals surface area contributed by atoms with Crippen LogP contribution in [0.2, 0.25) is 0 Å². The van der Waals surface area contributed by atoms with Gasteiger partial charge in [0, 0.05) is 37.0 Å². The molecule has 11 rings (SSSR count). The molecule has 1 aromatic heterocycles. The molecule has 0 amide bonds. The van der Waals surface area contributed by atoms with Gasteiger partial charge in [-0.05, 0) is 74.5 Å². The third kappa shape index (κ3) is 4.78. The van der Waals surface area contributed by atoms with Crippen LogP contribution < -0.4 is 4.90 Å². The van der Waals surface area contributed by atoms with E-state index in [1.165, 1.54) is 75.5 Å². The lowest BCUT2D eigenvalue weighted by Crippen LogP contribution is -2.28.